The van der Waals surface area contributed by atoms with Crippen molar-refractivity contribution >= 4 is 57.4 Å². The van der Waals surface area contributed by atoms with Crippen LogP contribution in [0, 0.1) is 11.8 Å². The van der Waals surface area contributed by atoms with Gasteiger partial charge in [-0.15, -0.1) is 0 Å². The number of esters is 4. The maximum absolute atomic E-state index is 13.3. The number of carbonyl (C=O) groups is 6. The van der Waals surface area contributed by atoms with Gasteiger partial charge in [0.15, 0.2) is 11.6 Å². The first-order chi connectivity index (χ1) is 15.2. The minimum absolute atomic E-state index is 0.296. The third kappa shape index (κ3) is 5.03. The third-order valence-electron chi connectivity index (χ3n) is 4.59. The Bertz CT molecular complexity index is 1010. The van der Waals surface area contributed by atoms with E-state index in [0.717, 1.165) is 6.08 Å². The molecule has 0 aliphatic carbocycles. The maximum Gasteiger partial charge on any atom is 0.331 e. The minimum atomic E-state index is -2.12. The quantitative estimate of drug-likeness (QED) is 0.243. The summed E-state index contributed by atoms with van der Waals surface area (Å²) in [5.41, 5.74) is -0.482. The molecule has 2 fully saturated rings. The van der Waals surface area contributed by atoms with Gasteiger partial charge < -0.3 is 18.9 Å². The van der Waals surface area contributed by atoms with E-state index in [-0.39, 0.29) is 0 Å². The van der Waals surface area contributed by atoms with Crippen LogP contribution in [0.3, 0.4) is 0 Å². The lowest BCUT2D eigenvalue weighted by Gasteiger charge is -2.33. The van der Waals surface area contributed by atoms with E-state index in [4.69, 9.17) is 18.9 Å². The van der Waals surface area contributed by atoms with Crippen LogP contribution in [0.1, 0.15) is 33.3 Å². The van der Waals surface area contributed by atoms with Crippen molar-refractivity contribution < 1.29 is 47.7 Å². The van der Waals surface area contributed by atoms with Crippen LogP contribution in [0.2, 0.25) is 0 Å². The molecule has 0 N–H and O–H groups in total. The summed E-state index contributed by atoms with van der Waals surface area (Å²) in [7, 11) is 0. The van der Waals surface area contributed by atoms with Crippen molar-refractivity contribution in [2.45, 2.75) is 39.3 Å². The Morgan fingerprint density at radius 3 is 1.48 bits per heavy atom. The van der Waals surface area contributed by atoms with Crippen molar-refractivity contribution in [3.63, 3.8) is 0 Å². The molecule has 0 spiro atoms. The van der Waals surface area contributed by atoms with Gasteiger partial charge in [-0.05, 0) is 17.7 Å². The lowest BCUT2D eigenvalue weighted by molar-refractivity contribution is -0.239. The third-order valence-corrected chi connectivity index (χ3v) is 5.31. The van der Waals surface area contributed by atoms with E-state index in [1.165, 1.54) is 33.8 Å². The van der Waals surface area contributed by atoms with Gasteiger partial charge in [-0.1, -0.05) is 34.1 Å². The topological polar surface area (TPSA) is 139 Å². The SMILES string of the molecule is CC1(C)OC(=O)C(C(=O)C(=Cc2ccccc2Br)C(=O)C2C(=O)OC(C)(C)OC2=O)C(=O)O1. The van der Waals surface area contributed by atoms with E-state index in [1.54, 1.807) is 18.2 Å². The molecule has 2 saturated heterocycles. The highest BCUT2D eigenvalue weighted by Gasteiger charge is 2.53. The Morgan fingerprint density at radius 2 is 1.12 bits per heavy atom. The number of carbonyl (C=O) groups excluding carboxylic acids is 6. The molecule has 0 amide bonds. The first kappa shape index (κ1) is 24.3. The van der Waals surface area contributed by atoms with Gasteiger partial charge in [-0.3, -0.25) is 28.8 Å². The van der Waals surface area contributed by atoms with Crippen molar-refractivity contribution in [2.24, 2.45) is 11.8 Å². The lowest BCUT2D eigenvalue weighted by Crippen LogP contribution is -2.52. The zero-order chi connectivity index (χ0) is 24.7. The van der Waals surface area contributed by atoms with Crippen LogP contribution in [0.25, 0.3) is 6.08 Å². The number of ether oxygens (including phenoxy) is 4. The molecule has 2 aliphatic heterocycles. The molecule has 0 unspecified atom stereocenters. The number of hydrogen-bond donors (Lipinski definition) is 0. The summed E-state index contributed by atoms with van der Waals surface area (Å²) in [6.45, 7) is 5.18. The highest BCUT2D eigenvalue weighted by atomic mass is 79.9. The predicted octanol–water partition coefficient (Wildman–Crippen LogP) is 1.88. The normalized spacial score (nSPS) is 20.2. The van der Waals surface area contributed by atoms with Crippen LogP contribution in [0.4, 0.5) is 0 Å². The average molecular weight is 523 g/mol. The molecule has 2 heterocycles. The molecule has 11 heteroatoms. The number of halogens is 1. The molecule has 0 aromatic heterocycles. The highest BCUT2D eigenvalue weighted by Crippen LogP contribution is 2.31. The highest BCUT2D eigenvalue weighted by molar-refractivity contribution is 9.10. The van der Waals surface area contributed by atoms with Crippen LogP contribution < -0.4 is 0 Å². The first-order valence-corrected chi connectivity index (χ1v) is 10.5. The second-order valence-electron chi connectivity index (χ2n) is 8.16. The molecule has 33 heavy (non-hydrogen) atoms. The van der Waals surface area contributed by atoms with Crippen LogP contribution in [0.15, 0.2) is 34.3 Å². The van der Waals surface area contributed by atoms with Crippen molar-refractivity contribution in [3.05, 3.63) is 39.9 Å². The number of benzene rings is 1. The summed E-state index contributed by atoms with van der Waals surface area (Å²) in [5, 5.41) is 0. The summed E-state index contributed by atoms with van der Waals surface area (Å²) in [5.74, 6) is -15.0. The summed E-state index contributed by atoms with van der Waals surface area (Å²) in [6.07, 6.45) is 1.05. The fourth-order valence-corrected chi connectivity index (χ4v) is 3.59. The number of allylic oxidation sites excluding steroid dienone is 1. The molecule has 2 aliphatic rings. The summed E-state index contributed by atoms with van der Waals surface area (Å²) in [4.78, 5) is 76.2. The standard InChI is InChI=1S/C22H19BrO10/c1-21(2)30-17(26)13(18(27)31-21)15(24)11(9-10-7-5-6-8-12(10)23)16(25)14-19(28)32-22(3,4)33-20(14)29/h5-9,13-14H,1-4H3. The molecular weight excluding hydrogens is 504 g/mol. The number of cyclic esters (lactones) is 4. The zero-order valence-electron chi connectivity index (χ0n) is 18.0. The minimum Gasteiger partial charge on any atom is -0.422 e. The van der Waals surface area contributed by atoms with E-state index < -0.39 is 64.4 Å². The number of Topliss-reactive ketones (excluding diaryl/α,β-unsaturated/α-hetero) is 2. The molecule has 0 atom stereocenters. The van der Waals surface area contributed by atoms with Crippen molar-refractivity contribution in [1.29, 1.82) is 0 Å². The monoisotopic (exact) mass is 522 g/mol. The van der Waals surface area contributed by atoms with Crippen molar-refractivity contribution in [3.8, 4) is 0 Å². The summed E-state index contributed by atoms with van der Waals surface area (Å²) in [6, 6.07) is 6.39. The Balaban J connectivity index is 2.07. The second-order valence-corrected chi connectivity index (χ2v) is 9.01. The van der Waals surface area contributed by atoms with Gasteiger partial charge >= 0.3 is 23.9 Å². The van der Waals surface area contributed by atoms with Crippen LogP contribution >= 0.6 is 15.9 Å². The van der Waals surface area contributed by atoms with Gasteiger partial charge in [-0.2, -0.15) is 0 Å². The zero-order valence-corrected chi connectivity index (χ0v) is 19.6. The fraction of sp³-hybridized carbons (Fsp3) is 0.364. The molecule has 10 nitrogen and oxygen atoms in total. The maximum atomic E-state index is 13.3. The predicted molar refractivity (Wildman–Crippen MR) is 112 cm³/mol. The fourth-order valence-electron chi connectivity index (χ4n) is 3.19. The second kappa shape index (κ2) is 8.54. The van der Waals surface area contributed by atoms with Crippen LogP contribution in [0.5, 0.6) is 0 Å². The van der Waals surface area contributed by atoms with E-state index in [2.05, 4.69) is 15.9 Å². The summed E-state index contributed by atoms with van der Waals surface area (Å²) >= 11 is 3.26. The van der Waals surface area contributed by atoms with E-state index in [1.807, 2.05) is 0 Å². The molecule has 1 aromatic carbocycles. The van der Waals surface area contributed by atoms with Gasteiger partial charge in [0.1, 0.15) is 0 Å². The Hall–Kier alpha value is -3.34. The van der Waals surface area contributed by atoms with Gasteiger partial charge in [0.05, 0.1) is 5.57 Å². The number of rotatable bonds is 5. The largest absolute Gasteiger partial charge is 0.422 e. The van der Waals surface area contributed by atoms with Crippen LogP contribution in [-0.4, -0.2) is 47.0 Å². The number of ketones is 2. The van der Waals surface area contributed by atoms with Crippen molar-refractivity contribution in [1.82, 2.24) is 0 Å². The van der Waals surface area contributed by atoms with Gasteiger partial charge in [0, 0.05) is 32.2 Å². The average Bonchev–Trinajstić information content (AvgIpc) is 2.63. The van der Waals surface area contributed by atoms with Gasteiger partial charge in [0.25, 0.3) is 11.6 Å². The van der Waals surface area contributed by atoms with E-state index >= 15 is 0 Å². The Kier molecular flexibility index (Phi) is 6.29. The summed E-state index contributed by atoms with van der Waals surface area (Å²) < 4.78 is 20.3. The Morgan fingerprint density at radius 1 is 0.758 bits per heavy atom. The first-order valence-electron chi connectivity index (χ1n) is 9.68. The molecule has 1 aromatic rings. The molecule has 3 rings (SSSR count). The van der Waals surface area contributed by atoms with Crippen molar-refractivity contribution in [2.75, 3.05) is 0 Å². The lowest BCUT2D eigenvalue weighted by atomic mass is 9.87. The van der Waals surface area contributed by atoms with E-state index in [0.29, 0.717) is 10.0 Å². The van der Waals surface area contributed by atoms with Gasteiger partial charge in [-0.25, -0.2) is 0 Å². The molecule has 174 valence electrons. The molecule has 0 saturated carbocycles. The smallest absolute Gasteiger partial charge is 0.331 e. The van der Waals surface area contributed by atoms with E-state index in [9.17, 15) is 28.8 Å². The Labute approximate surface area is 196 Å². The molecule has 0 bridgehead atoms. The number of hydrogen-bond acceptors (Lipinski definition) is 10. The van der Waals surface area contributed by atoms with Gasteiger partial charge in [0.2, 0.25) is 11.8 Å². The van der Waals surface area contributed by atoms with Crippen LogP contribution in [-0.2, 0) is 47.7 Å². The molecular formula is C22H19BrO10. The molecule has 0 radical (unpaired) electrons.